The van der Waals surface area contributed by atoms with Crippen molar-refractivity contribution in [1.29, 1.82) is 0 Å². The van der Waals surface area contributed by atoms with Crippen LogP contribution in [0.2, 0.25) is 0 Å². The third-order valence-electron chi connectivity index (χ3n) is 4.85. The number of hydrogen-bond donors (Lipinski definition) is 1. The number of ether oxygens (including phenoxy) is 1. The fraction of sp³-hybridized carbons (Fsp3) is 0.524. The number of rotatable bonds is 7. The van der Waals surface area contributed by atoms with Crippen molar-refractivity contribution in [2.75, 3.05) is 13.2 Å². The normalized spacial score (nSPS) is 15.3. The van der Waals surface area contributed by atoms with Gasteiger partial charge in [0, 0.05) is 18.2 Å². The molecule has 140 valence electrons. The average Bonchev–Trinajstić information content (AvgIpc) is 3.16. The van der Waals surface area contributed by atoms with Crippen LogP contribution in [0.25, 0.3) is 11.3 Å². The first kappa shape index (κ1) is 18.6. The maximum Gasteiger partial charge on any atom is 0.273 e. The molecule has 5 nitrogen and oxygen atoms in total. The van der Waals surface area contributed by atoms with Gasteiger partial charge in [0.2, 0.25) is 0 Å². The molecule has 0 aliphatic heterocycles. The van der Waals surface area contributed by atoms with Gasteiger partial charge in [-0.25, -0.2) is 0 Å². The maximum absolute atomic E-state index is 12.1. The van der Waals surface area contributed by atoms with Gasteiger partial charge in [-0.1, -0.05) is 48.7 Å². The molecule has 1 fully saturated rings. The van der Waals surface area contributed by atoms with Crippen LogP contribution < -0.4 is 5.32 Å². The molecule has 1 heterocycles. The van der Waals surface area contributed by atoms with E-state index in [4.69, 9.17) is 9.26 Å². The average molecular weight is 356 g/mol. The monoisotopic (exact) mass is 356 g/mol. The lowest BCUT2D eigenvalue weighted by molar-refractivity contribution is 0.0743. The Kier molecular flexibility index (Phi) is 6.45. The summed E-state index contributed by atoms with van der Waals surface area (Å²) in [6, 6.07) is 10.2. The summed E-state index contributed by atoms with van der Waals surface area (Å²) in [5, 5.41) is 6.68. The number of nitrogens with one attached hydrogen (secondary N) is 1. The number of benzene rings is 1. The Morgan fingerprint density at radius 3 is 2.65 bits per heavy atom. The standard InChI is InChI=1S/C21H28N2O3/c1-15(2)25-13-12-22-21(24)19-14-20(26-23-19)18-10-8-17(9-11-18)16-6-4-3-5-7-16/h8-11,14-16H,3-7,12-13H2,1-2H3,(H,22,24). The molecule has 0 atom stereocenters. The summed E-state index contributed by atoms with van der Waals surface area (Å²) in [4.78, 5) is 12.1. The molecule has 0 radical (unpaired) electrons. The smallest absolute Gasteiger partial charge is 0.273 e. The van der Waals surface area contributed by atoms with Gasteiger partial charge in [-0.3, -0.25) is 4.79 Å². The Bertz CT molecular complexity index is 700. The summed E-state index contributed by atoms with van der Waals surface area (Å²) >= 11 is 0. The van der Waals surface area contributed by atoms with Crippen molar-refractivity contribution in [3.63, 3.8) is 0 Å². The highest BCUT2D eigenvalue weighted by Crippen LogP contribution is 2.33. The summed E-state index contributed by atoms with van der Waals surface area (Å²) in [5.41, 5.74) is 2.64. The van der Waals surface area contributed by atoms with Gasteiger partial charge in [-0.15, -0.1) is 0 Å². The minimum Gasteiger partial charge on any atom is -0.377 e. The predicted molar refractivity (Wildman–Crippen MR) is 101 cm³/mol. The molecular formula is C21H28N2O3. The quantitative estimate of drug-likeness (QED) is 0.740. The van der Waals surface area contributed by atoms with Crippen molar-refractivity contribution in [3.05, 3.63) is 41.6 Å². The van der Waals surface area contributed by atoms with Crippen molar-refractivity contribution in [3.8, 4) is 11.3 Å². The summed E-state index contributed by atoms with van der Waals surface area (Å²) in [6.45, 7) is 4.86. The van der Waals surface area contributed by atoms with E-state index in [1.165, 1.54) is 37.7 Å². The summed E-state index contributed by atoms with van der Waals surface area (Å²) in [7, 11) is 0. The maximum atomic E-state index is 12.1. The molecule has 0 saturated heterocycles. The highest BCUT2D eigenvalue weighted by Gasteiger charge is 2.17. The van der Waals surface area contributed by atoms with Crippen molar-refractivity contribution >= 4 is 5.91 Å². The minimum atomic E-state index is -0.244. The first-order chi connectivity index (χ1) is 12.6. The molecule has 0 bridgehead atoms. The third-order valence-corrected chi connectivity index (χ3v) is 4.85. The SMILES string of the molecule is CC(C)OCCNC(=O)c1cc(-c2ccc(C3CCCCC3)cc2)on1. The number of aromatic nitrogens is 1. The van der Waals surface area contributed by atoms with Crippen LogP contribution in [0.5, 0.6) is 0 Å². The minimum absolute atomic E-state index is 0.155. The summed E-state index contributed by atoms with van der Waals surface area (Å²) in [6.07, 6.45) is 6.74. The lowest BCUT2D eigenvalue weighted by atomic mass is 9.84. The highest BCUT2D eigenvalue weighted by molar-refractivity contribution is 5.93. The van der Waals surface area contributed by atoms with Crippen LogP contribution in [-0.2, 0) is 4.74 Å². The molecule has 1 N–H and O–H groups in total. The van der Waals surface area contributed by atoms with Gasteiger partial charge in [0.1, 0.15) is 0 Å². The van der Waals surface area contributed by atoms with E-state index in [0.717, 1.165) is 5.56 Å². The number of carbonyl (C=O) groups is 1. The second-order valence-corrected chi connectivity index (χ2v) is 7.21. The molecule has 2 aromatic rings. The Hall–Kier alpha value is -2.14. The predicted octanol–water partition coefficient (Wildman–Crippen LogP) is 4.54. The van der Waals surface area contributed by atoms with Gasteiger partial charge >= 0.3 is 0 Å². The van der Waals surface area contributed by atoms with E-state index >= 15 is 0 Å². The Morgan fingerprint density at radius 1 is 1.23 bits per heavy atom. The molecule has 1 aromatic heterocycles. The fourth-order valence-corrected chi connectivity index (χ4v) is 3.42. The summed E-state index contributed by atoms with van der Waals surface area (Å²) in [5.74, 6) is 1.05. The molecule has 0 spiro atoms. The van der Waals surface area contributed by atoms with Crippen LogP contribution in [0, 0.1) is 0 Å². The Balaban J connectivity index is 1.57. The van der Waals surface area contributed by atoms with Crippen molar-refractivity contribution in [1.82, 2.24) is 10.5 Å². The number of amides is 1. The van der Waals surface area contributed by atoms with Crippen LogP contribution in [0.3, 0.4) is 0 Å². The first-order valence-electron chi connectivity index (χ1n) is 9.60. The topological polar surface area (TPSA) is 64.4 Å². The summed E-state index contributed by atoms with van der Waals surface area (Å²) < 4.78 is 10.8. The van der Waals surface area contributed by atoms with Crippen LogP contribution in [0.15, 0.2) is 34.9 Å². The Morgan fingerprint density at radius 2 is 1.96 bits per heavy atom. The van der Waals surface area contributed by atoms with E-state index in [9.17, 15) is 4.79 Å². The van der Waals surface area contributed by atoms with Crippen molar-refractivity contribution in [2.45, 2.75) is 58.0 Å². The zero-order chi connectivity index (χ0) is 18.4. The second-order valence-electron chi connectivity index (χ2n) is 7.21. The van der Waals surface area contributed by atoms with Crippen LogP contribution in [0.1, 0.15) is 67.9 Å². The molecular weight excluding hydrogens is 328 g/mol. The zero-order valence-corrected chi connectivity index (χ0v) is 15.7. The number of hydrogen-bond acceptors (Lipinski definition) is 4. The van der Waals surface area contributed by atoms with E-state index in [2.05, 4.69) is 34.7 Å². The molecule has 5 heteroatoms. The third kappa shape index (κ3) is 4.94. The molecule has 1 saturated carbocycles. The Labute approximate surface area is 155 Å². The second kappa shape index (κ2) is 8.99. The van der Waals surface area contributed by atoms with E-state index in [1.807, 2.05) is 13.8 Å². The van der Waals surface area contributed by atoms with Gasteiger partial charge in [0.25, 0.3) is 5.91 Å². The molecule has 26 heavy (non-hydrogen) atoms. The molecule has 0 unspecified atom stereocenters. The van der Waals surface area contributed by atoms with Crippen molar-refractivity contribution < 1.29 is 14.1 Å². The fourth-order valence-electron chi connectivity index (χ4n) is 3.42. The van der Waals surface area contributed by atoms with Crippen molar-refractivity contribution in [2.24, 2.45) is 0 Å². The van der Waals surface area contributed by atoms with Gasteiger partial charge in [0.05, 0.1) is 12.7 Å². The molecule has 1 aliphatic carbocycles. The van der Waals surface area contributed by atoms with Gasteiger partial charge in [-0.05, 0) is 38.2 Å². The van der Waals surface area contributed by atoms with E-state index in [-0.39, 0.29) is 12.0 Å². The number of nitrogens with zero attached hydrogens (tertiary/aromatic N) is 1. The van der Waals surface area contributed by atoms with Gasteiger partial charge in [0.15, 0.2) is 11.5 Å². The van der Waals surface area contributed by atoms with E-state index in [0.29, 0.717) is 30.5 Å². The van der Waals surface area contributed by atoms with Gasteiger partial charge in [-0.2, -0.15) is 0 Å². The highest BCUT2D eigenvalue weighted by atomic mass is 16.5. The number of carbonyl (C=O) groups excluding carboxylic acids is 1. The molecule has 3 rings (SSSR count). The largest absolute Gasteiger partial charge is 0.377 e. The molecule has 1 aromatic carbocycles. The van der Waals surface area contributed by atoms with Crippen LogP contribution in [-0.4, -0.2) is 30.3 Å². The lowest BCUT2D eigenvalue weighted by Gasteiger charge is -2.21. The molecule has 1 aliphatic rings. The van der Waals surface area contributed by atoms with Crippen LogP contribution >= 0.6 is 0 Å². The zero-order valence-electron chi connectivity index (χ0n) is 15.7. The van der Waals surface area contributed by atoms with E-state index in [1.54, 1.807) is 6.07 Å². The van der Waals surface area contributed by atoms with Crippen LogP contribution in [0.4, 0.5) is 0 Å². The first-order valence-corrected chi connectivity index (χ1v) is 9.60. The lowest BCUT2D eigenvalue weighted by Crippen LogP contribution is -2.28. The molecule has 1 amide bonds. The van der Waals surface area contributed by atoms with E-state index < -0.39 is 0 Å². The van der Waals surface area contributed by atoms with Gasteiger partial charge < -0.3 is 14.6 Å².